The van der Waals surface area contributed by atoms with Crippen LogP contribution in [0.2, 0.25) is 5.02 Å². The van der Waals surface area contributed by atoms with E-state index in [1.807, 2.05) is 6.07 Å². The van der Waals surface area contributed by atoms with Gasteiger partial charge in [0.05, 0.1) is 10.6 Å². The molecular weight excluding hydrogens is 240 g/mol. The Bertz CT molecular complexity index is 533. The smallest absolute Gasteiger partial charge is 0.228 e. The van der Waals surface area contributed by atoms with Gasteiger partial charge in [-0.15, -0.1) is 0 Å². The molecule has 86 valence electrons. The van der Waals surface area contributed by atoms with Crippen molar-refractivity contribution in [2.24, 2.45) is 0 Å². The van der Waals surface area contributed by atoms with Crippen LogP contribution in [-0.2, 0) is 6.42 Å². The van der Waals surface area contributed by atoms with E-state index in [0.717, 1.165) is 5.69 Å². The molecule has 1 heterocycles. The van der Waals surface area contributed by atoms with Crippen LogP contribution in [-0.4, -0.2) is 16.7 Å². The molecule has 0 spiro atoms. The second-order valence-corrected chi connectivity index (χ2v) is 3.73. The molecule has 0 unspecified atom stereocenters. The minimum Gasteiger partial charge on any atom is -0.384 e. The number of nitrogens with zero attached hydrogens (tertiary/aromatic N) is 3. The second kappa shape index (κ2) is 5.32. The summed E-state index contributed by atoms with van der Waals surface area (Å²) in [5.74, 6) is 0.581. The van der Waals surface area contributed by atoms with Gasteiger partial charge in [0.2, 0.25) is 5.89 Å². The largest absolute Gasteiger partial charge is 0.384 e. The molecule has 1 aromatic heterocycles. The van der Waals surface area contributed by atoms with Gasteiger partial charge in [-0.3, -0.25) is 0 Å². The molecule has 1 aromatic carbocycles. The molecule has 17 heavy (non-hydrogen) atoms. The first kappa shape index (κ1) is 11.4. The van der Waals surface area contributed by atoms with Gasteiger partial charge < -0.3 is 9.84 Å². The Balaban J connectivity index is 1.91. The Hall–Kier alpha value is -2.06. The minimum absolute atomic E-state index is 0.440. The number of halogens is 1. The van der Waals surface area contributed by atoms with Crippen molar-refractivity contribution in [1.29, 1.82) is 5.26 Å². The third-order valence-electron chi connectivity index (χ3n) is 2.16. The van der Waals surface area contributed by atoms with Crippen molar-refractivity contribution in [3.8, 4) is 6.07 Å². The van der Waals surface area contributed by atoms with E-state index in [-0.39, 0.29) is 0 Å². The van der Waals surface area contributed by atoms with Gasteiger partial charge in [-0.25, -0.2) is 0 Å². The van der Waals surface area contributed by atoms with Crippen LogP contribution in [0.3, 0.4) is 0 Å². The summed E-state index contributed by atoms with van der Waals surface area (Å²) in [7, 11) is 0. The molecule has 0 bridgehead atoms. The maximum atomic E-state index is 8.73. The molecule has 2 rings (SSSR count). The molecule has 0 saturated carbocycles. The third kappa shape index (κ3) is 2.95. The summed E-state index contributed by atoms with van der Waals surface area (Å²) in [6.07, 6.45) is 2.01. The van der Waals surface area contributed by atoms with Gasteiger partial charge in [-0.1, -0.05) is 16.8 Å². The zero-order valence-electron chi connectivity index (χ0n) is 8.85. The van der Waals surface area contributed by atoms with Crippen LogP contribution in [0.5, 0.6) is 0 Å². The maximum Gasteiger partial charge on any atom is 0.228 e. The van der Waals surface area contributed by atoms with Gasteiger partial charge >= 0.3 is 0 Å². The highest BCUT2D eigenvalue weighted by Gasteiger charge is 2.02. The number of hydrogen-bond donors (Lipinski definition) is 1. The van der Waals surface area contributed by atoms with Gasteiger partial charge in [-0.2, -0.15) is 10.2 Å². The summed E-state index contributed by atoms with van der Waals surface area (Å²) >= 11 is 5.90. The van der Waals surface area contributed by atoms with E-state index in [2.05, 4.69) is 15.5 Å². The average molecular weight is 249 g/mol. The molecule has 0 radical (unpaired) electrons. The Morgan fingerprint density at radius 2 is 2.35 bits per heavy atom. The lowest BCUT2D eigenvalue weighted by atomic mass is 10.2. The molecular formula is C11H9ClN4O. The Labute approximate surface area is 103 Å². The first-order valence-electron chi connectivity index (χ1n) is 4.98. The minimum atomic E-state index is 0.440. The number of aromatic nitrogens is 2. The summed E-state index contributed by atoms with van der Waals surface area (Å²) in [5.41, 5.74) is 1.32. The van der Waals surface area contributed by atoms with Gasteiger partial charge in [0.25, 0.3) is 0 Å². The molecule has 0 aliphatic heterocycles. The molecule has 0 atom stereocenters. The van der Waals surface area contributed by atoms with Crippen LogP contribution in [0.25, 0.3) is 0 Å². The number of rotatable bonds is 4. The average Bonchev–Trinajstić information content (AvgIpc) is 2.82. The lowest BCUT2D eigenvalue weighted by molar-refractivity contribution is 0.380. The van der Waals surface area contributed by atoms with Crippen molar-refractivity contribution >= 4 is 17.3 Å². The zero-order chi connectivity index (χ0) is 12.1. The normalized spacial score (nSPS) is 9.88. The highest BCUT2D eigenvalue weighted by Crippen LogP contribution is 2.19. The number of anilines is 1. The molecule has 1 N–H and O–H groups in total. The number of hydrogen-bond acceptors (Lipinski definition) is 5. The van der Waals surface area contributed by atoms with Crippen LogP contribution in [0.1, 0.15) is 11.5 Å². The highest BCUT2D eigenvalue weighted by atomic mass is 35.5. The molecule has 6 heteroatoms. The fourth-order valence-electron chi connectivity index (χ4n) is 1.34. The van der Waals surface area contributed by atoms with E-state index in [9.17, 15) is 0 Å². The molecule has 0 aliphatic rings. The summed E-state index contributed by atoms with van der Waals surface area (Å²) in [6.45, 7) is 0.657. The monoisotopic (exact) mass is 248 g/mol. The van der Waals surface area contributed by atoms with Gasteiger partial charge in [-0.05, 0) is 18.2 Å². The van der Waals surface area contributed by atoms with Crippen LogP contribution in [0.4, 0.5) is 5.69 Å². The second-order valence-electron chi connectivity index (χ2n) is 3.32. The van der Waals surface area contributed by atoms with E-state index in [1.54, 1.807) is 18.2 Å². The van der Waals surface area contributed by atoms with Crippen molar-refractivity contribution in [2.75, 3.05) is 11.9 Å². The highest BCUT2D eigenvalue weighted by molar-refractivity contribution is 6.32. The van der Waals surface area contributed by atoms with Crippen LogP contribution in [0.15, 0.2) is 29.0 Å². The van der Waals surface area contributed by atoms with Gasteiger partial charge in [0.15, 0.2) is 6.33 Å². The quantitative estimate of drug-likeness (QED) is 0.898. The van der Waals surface area contributed by atoms with Crippen molar-refractivity contribution < 1.29 is 4.52 Å². The Morgan fingerprint density at radius 3 is 3.00 bits per heavy atom. The SMILES string of the molecule is N#Cc1ccc(NCCc2ncno2)cc1Cl. The summed E-state index contributed by atoms with van der Waals surface area (Å²) < 4.78 is 4.86. The Morgan fingerprint density at radius 1 is 1.47 bits per heavy atom. The van der Waals surface area contributed by atoms with E-state index in [4.69, 9.17) is 21.4 Å². The summed E-state index contributed by atoms with van der Waals surface area (Å²) in [4.78, 5) is 3.91. The number of benzene rings is 1. The number of nitriles is 1. The third-order valence-corrected chi connectivity index (χ3v) is 2.48. The molecule has 0 fully saturated rings. The van der Waals surface area contributed by atoms with Crippen LogP contribution >= 0.6 is 11.6 Å². The maximum absolute atomic E-state index is 8.73. The first-order chi connectivity index (χ1) is 8.29. The predicted molar refractivity (Wildman–Crippen MR) is 62.7 cm³/mol. The Kier molecular flexibility index (Phi) is 3.58. The lowest BCUT2D eigenvalue weighted by Gasteiger charge is -2.05. The van der Waals surface area contributed by atoms with E-state index in [1.165, 1.54) is 6.33 Å². The lowest BCUT2D eigenvalue weighted by Crippen LogP contribution is -2.05. The fraction of sp³-hybridized carbons (Fsp3) is 0.182. The van der Waals surface area contributed by atoms with Crippen molar-refractivity contribution in [1.82, 2.24) is 10.1 Å². The van der Waals surface area contributed by atoms with Crippen LogP contribution in [0, 0.1) is 11.3 Å². The van der Waals surface area contributed by atoms with E-state index < -0.39 is 0 Å². The predicted octanol–water partition coefficient (Wildman–Crippen LogP) is 2.25. The van der Waals surface area contributed by atoms with E-state index in [0.29, 0.717) is 29.4 Å². The summed E-state index contributed by atoms with van der Waals surface area (Å²) in [5, 5.41) is 15.8. The van der Waals surface area contributed by atoms with Crippen molar-refractivity contribution in [2.45, 2.75) is 6.42 Å². The molecule has 0 aliphatic carbocycles. The first-order valence-corrected chi connectivity index (χ1v) is 5.36. The van der Waals surface area contributed by atoms with E-state index >= 15 is 0 Å². The topological polar surface area (TPSA) is 74.7 Å². The van der Waals surface area contributed by atoms with Crippen molar-refractivity contribution in [3.05, 3.63) is 41.0 Å². The molecule has 0 saturated heterocycles. The standard InChI is InChI=1S/C11H9ClN4O/c12-10-5-9(2-1-8(10)6-13)14-4-3-11-15-7-16-17-11/h1-2,5,7,14H,3-4H2. The zero-order valence-corrected chi connectivity index (χ0v) is 9.61. The van der Waals surface area contributed by atoms with Crippen LogP contribution < -0.4 is 5.32 Å². The molecule has 0 amide bonds. The fourth-order valence-corrected chi connectivity index (χ4v) is 1.56. The number of nitrogens with one attached hydrogen (secondary N) is 1. The van der Waals surface area contributed by atoms with Gasteiger partial charge in [0.1, 0.15) is 6.07 Å². The summed E-state index contributed by atoms with van der Waals surface area (Å²) in [6, 6.07) is 7.21. The molecule has 5 nitrogen and oxygen atoms in total. The molecule has 2 aromatic rings. The van der Waals surface area contributed by atoms with Crippen molar-refractivity contribution in [3.63, 3.8) is 0 Å². The van der Waals surface area contributed by atoms with Gasteiger partial charge in [0, 0.05) is 18.7 Å².